The van der Waals surface area contributed by atoms with E-state index in [1.165, 1.54) is 5.01 Å². The van der Waals surface area contributed by atoms with Crippen LogP contribution in [0, 0.1) is 0 Å². The van der Waals surface area contributed by atoms with E-state index in [1.807, 2.05) is 30.3 Å². The molecule has 0 spiro atoms. The number of hydrogen-bond donors (Lipinski definition) is 1. The van der Waals surface area contributed by atoms with E-state index in [0.717, 1.165) is 5.56 Å². The van der Waals surface area contributed by atoms with Crippen LogP contribution in [0.2, 0.25) is 0 Å². The summed E-state index contributed by atoms with van der Waals surface area (Å²) in [6.45, 7) is 3.73. The fourth-order valence-electron chi connectivity index (χ4n) is 2.03. The molecule has 1 amide bonds. The first kappa shape index (κ1) is 14.0. The van der Waals surface area contributed by atoms with E-state index in [2.05, 4.69) is 11.6 Å². The third kappa shape index (κ3) is 3.10. The van der Waals surface area contributed by atoms with Gasteiger partial charge >= 0.3 is 0 Å². The van der Waals surface area contributed by atoms with Gasteiger partial charge in [-0.1, -0.05) is 24.3 Å². The number of carbonyl (C=O) groups is 1. The Bertz CT molecular complexity index is 569. The van der Waals surface area contributed by atoms with E-state index in [4.69, 9.17) is 5.84 Å². The van der Waals surface area contributed by atoms with Crippen LogP contribution in [0.1, 0.15) is 28.4 Å². The molecular formula is C16H17N3O. The summed E-state index contributed by atoms with van der Waals surface area (Å²) in [5.41, 5.74) is 1.50. The van der Waals surface area contributed by atoms with Gasteiger partial charge < -0.3 is 0 Å². The fourth-order valence-corrected chi connectivity index (χ4v) is 2.03. The molecule has 102 valence electrons. The lowest BCUT2D eigenvalue weighted by Crippen LogP contribution is -2.40. The molecule has 4 nitrogen and oxygen atoms in total. The van der Waals surface area contributed by atoms with Crippen molar-refractivity contribution in [2.75, 3.05) is 0 Å². The number of rotatable bonds is 5. The summed E-state index contributed by atoms with van der Waals surface area (Å²) in [7, 11) is 0. The minimum absolute atomic E-state index is 0.214. The number of benzene rings is 1. The average Bonchev–Trinajstić information content (AvgIpc) is 2.53. The van der Waals surface area contributed by atoms with E-state index < -0.39 is 0 Å². The van der Waals surface area contributed by atoms with Crippen molar-refractivity contribution < 1.29 is 4.79 Å². The van der Waals surface area contributed by atoms with Gasteiger partial charge in [-0.05, 0) is 36.2 Å². The number of aromatic nitrogens is 1. The van der Waals surface area contributed by atoms with Crippen LogP contribution < -0.4 is 5.84 Å². The molecule has 20 heavy (non-hydrogen) atoms. The predicted octanol–water partition coefficient (Wildman–Crippen LogP) is 2.71. The minimum atomic E-state index is -0.247. The van der Waals surface area contributed by atoms with Gasteiger partial charge in [0.2, 0.25) is 0 Å². The lowest BCUT2D eigenvalue weighted by molar-refractivity contribution is 0.0676. The van der Waals surface area contributed by atoms with Gasteiger partial charge in [0.1, 0.15) is 0 Å². The molecule has 1 atom stereocenters. The third-order valence-corrected chi connectivity index (χ3v) is 3.07. The van der Waals surface area contributed by atoms with E-state index in [9.17, 15) is 4.79 Å². The highest BCUT2D eigenvalue weighted by Crippen LogP contribution is 2.23. The number of pyridine rings is 1. The topological polar surface area (TPSA) is 59.2 Å². The molecule has 4 heteroatoms. The summed E-state index contributed by atoms with van der Waals surface area (Å²) in [4.78, 5) is 16.4. The highest BCUT2D eigenvalue weighted by molar-refractivity contribution is 5.94. The first-order valence-corrected chi connectivity index (χ1v) is 6.38. The van der Waals surface area contributed by atoms with Crippen LogP contribution in [-0.2, 0) is 0 Å². The lowest BCUT2D eigenvalue weighted by atomic mass is 10.0. The molecule has 0 bridgehead atoms. The van der Waals surface area contributed by atoms with Gasteiger partial charge in [0.05, 0.1) is 6.04 Å². The zero-order chi connectivity index (χ0) is 14.4. The maximum Gasteiger partial charge on any atom is 0.268 e. The monoisotopic (exact) mass is 267 g/mol. The van der Waals surface area contributed by atoms with Gasteiger partial charge in [0.25, 0.3) is 5.91 Å². The largest absolute Gasteiger partial charge is 0.269 e. The second kappa shape index (κ2) is 6.63. The number of hydrazine groups is 1. The van der Waals surface area contributed by atoms with Crippen molar-refractivity contribution >= 4 is 5.91 Å². The Morgan fingerprint density at radius 1 is 1.25 bits per heavy atom. The Morgan fingerprint density at radius 3 is 2.50 bits per heavy atom. The molecule has 2 aromatic rings. The lowest BCUT2D eigenvalue weighted by Gasteiger charge is -2.27. The summed E-state index contributed by atoms with van der Waals surface area (Å²) >= 11 is 0. The summed E-state index contributed by atoms with van der Waals surface area (Å²) in [5, 5.41) is 1.26. The van der Waals surface area contributed by atoms with Crippen molar-refractivity contribution in [1.82, 2.24) is 9.99 Å². The van der Waals surface area contributed by atoms with Gasteiger partial charge in [-0.15, -0.1) is 6.58 Å². The Balaban J connectivity index is 2.26. The van der Waals surface area contributed by atoms with Crippen LogP contribution in [0.4, 0.5) is 0 Å². The molecule has 0 unspecified atom stereocenters. The summed E-state index contributed by atoms with van der Waals surface area (Å²) < 4.78 is 0. The molecule has 0 aliphatic rings. The Morgan fingerprint density at radius 2 is 1.90 bits per heavy atom. The first-order valence-electron chi connectivity index (χ1n) is 6.38. The number of carbonyl (C=O) groups excluding carboxylic acids is 1. The van der Waals surface area contributed by atoms with Crippen molar-refractivity contribution in [3.05, 3.63) is 78.6 Å². The number of hydrogen-bond acceptors (Lipinski definition) is 3. The Hall–Kier alpha value is -2.46. The summed E-state index contributed by atoms with van der Waals surface area (Å²) in [5.74, 6) is 5.81. The molecular weight excluding hydrogens is 250 g/mol. The molecule has 0 saturated carbocycles. The van der Waals surface area contributed by atoms with Crippen molar-refractivity contribution in [2.45, 2.75) is 12.5 Å². The third-order valence-electron chi connectivity index (χ3n) is 3.07. The smallest absolute Gasteiger partial charge is 0.268 e. The van der Waals surface area contributed by atoms with Crippen LogP contribution in [0.5, 0.6) is 0 Å². The molecule has 2 N–H and O–H groups in total. The van der Waals surface area contributed by atoms with E-state index in [0.29, 0.717) is 12.0 Å². The van der Waals surface area contributed by atoms with Crippen LogP contribution in [0.25, 0.3) is 0 Å². The van der Waals surface area contributed by atoms with Crippen molar-refractivity contribution in [3.63, 3.8) is 0 Å². The number of nitrogens with two attached hydrogens (primary N) is 1. The fraction of sp³-hybridized carbons (Fsp3) is 0.125. The van der Waals surface area contributed by atoms with Gasteiger partial charge in [0.15, 0.2) is 0 Å². The van der Waals surface area contributed by atoms with Crippen LogP contribution in [0.3, 0.4) is 0 Å². The van der Waals surface area contributed by atoms with E-state index in [1.54, 1.807) is 30.6 Å². The minimum Gasteiger partial charge on any atom is -0.269 e. The molecule has 0 fully saturated rings. The molecule has 1 heterocycles. The quantitative estimate of drug-likeness (QED) is 0.392. The zero-order valence-electron chi connectivity index (χ0n) is 11.1. The molecule has 2 rings (SSSR count). The Kier molecular flexibility index (Phi) is 4.63. The second-order valence-corrected chi connectivity index (χ2v) is 4.40. The molecule has 0 radical (unpaired) electrons. The Labute approximate surface area is 118 Å². The van der Waals surface area contributed by atoms with Crippen LogP contribution >= 0.6 is 0 Å². The maximum absolute atomic E-state index is 12.4. The number of amides is 1. The molecule has 1 aromatic heterocycles. The van der Waals surface area contributed by atoms with Crippen LogP contribution in [-0.4, -0.2) is 15.9 Å². The van der Waals surface area contributed by atoms with Gasteiger partial charge in [-0.25, -0.2) is 5.84 Å². The normalized spacial score (nSPS) is 11.7. The van der Waals surface area contributed by atoms with Crippen molar-refractivity contribution in [2.24, 2.45) is 5.84 Å². The van der Waals surface area contributed by atoms with E-state index >= 15 is 0 Å². The molecule has 0 saturated heterocycles. The second-order valence-electron chi connectivity index (χ2n) is 4.40. The summed E-state index contributed by atoms with van der Waals surface area (Å²) in [6, 6.07) is 12.5. The van der Waals surface area contributed by atoms with E-state index in [-0.39, 0.29) is 11.9 Å². The molecule has 1 aromatic carbocycles. The van der Waals surface area contributed by atoms with Crippen molar-refractivity contribution in [1.29, 1.82) is 0 Å². The van der Waals surface area contributed by atoms with Gasteiger partial charge in [0, 0.05) is 18.0 Å². The predicted molar refractivity (Wildman–Crippen MR) is 78.6 cm³/mol. The first-order chi connectivity index (χ1) is 9.74. The van der Waals surface area contributed by atoms with Gasteiger partial charge in [-0.3, -0.25) is 14.8 Å². The van der Waals surface area contributed by atoms with Crippen LogP contribution in [0.15, 0.2) is 67.5 Å². The molecule has 0 aliphatic carbocycles. The standard InChI is InChI=1S/C16H17N3O/c1-2-6-15(13-9-11-18-12-10-13)19(17)16(20)14-7-4-3-5-8-14/h2-5,7-12,15H,1,6,17H2/t15-/m1/s1. The number of nitrogens with zero attached hydrogens (tertiary/aromatic N) is 2. The van der Waals surface area contributed by atoms with Crippen molar-refractivity contribution in [3.8, 4) is 0 Å². The maximum atomic E-state index is 12.4. The highest BCUT2D eigenvalue weighted by Gasteiger charge is 2.22. The summed E-state index contributed by atoms with van der Waals surface area (Å²) in [6.07, 6.45) is 5.71. The average molecular weight is 267 g/mol. The molecule has 0 aliphatic heterocycles. The van der Waals surface area contributed by atoms with Gasteiger partial charge in [-0.2, -0.15) is 0 Å². The zero-order valence-corrected chi connectivity index (χ0v) is 11.1. The SMILES string of the molecule is C=CC[C@H](c1ccncc1)N(N)C(=O)c1ccccc1. The highest BCUT2D eigenvalue weighted by atomic mass is 16.2.